The second-order valence-electron chi connectivity index (χ2n) is 4.04. The molecule has 2 aliphatic rings. The number of hydrogen-bond acceptors (Lipinski definition) is 3. The molecule has 0 bridgehead atoms. The molecule has 4 heteroatoms. The molecule has 2 aliphatic heterocycles. The van der Waals surface area contributed by atoms with Crippen molar-refractivity contribution >= 4 is 11.7 Å². The zero-order chi connectivity index (χ0) is 9.97. The molecule has 2 saturated heterocycles. The van der Waals surface area contributed by atoms with E-state index in [2.05, 4.69) is 5.32 Å². The summed E-state index contributed by atoms with van der Waals surface area (Å²) < 4.78 is 5.25. The van der Waals surface area contributed by atoms with Crippen LogP contribution in [-0.2, 0) is 14.3 Å². The van der Waals surface area contributed by atoms with Crippen molar-refractivity contribution in [1.82, 2.24) is 5.32 Å². The van der Waals surface area contributed by atoms with Gasteiger partial charge in [0.05, 0.1) is 6.42 Å². The minimum absolute atomic E-state index is 0.0626. The van der Waals surface area contributed by atoms with Gasteiger partial charge in [-0.1, -0.05) is 0 Å². The van der Waals surface area contributed by atoms with Crippen molar-refractivity contribution in [2.45, 2.75) is 31.7 Å². The molecular weight excluding hydrogens is 182 g/mol. The summed E-state index contributed by atoms with van der Waals surface area (Å²) in [5.41, 5.74) is 0. The minimum Gasteiger partial charge on any atom is -0.381 e. The van der Waals surface area contributed by atoms with E-state index in [4.69, 9.17) is 4.74 Å². The minimum atomic E-state index is -0.113. The Morgan fingerprint density at radius 2 is 1.93 bits per heavy atom. The van der Waals surface area contributed by atoms with E-state index >= 15 is 0 Å². The first-order valence-electron chi connectivity index (χ1n) is 5.14. The van der Waals surface area contributed by atoms with E-state index in [-0.39, 0.29) is 24.2 Å². The lowest BCUT2D eigenvalue weighted by molar-refractivity contribution is -0.133. The molecule has 0 aromatic rings. The Morgan fingerprint density at radius 3 is 2.57 bits per heavy atom. The third kappa shape index (κ3) is 2.12. The molecule has 2 rings (SSSR count). The van der Waals surface area contributed by atoms with Gasteiger partial charge >= 0.3 is 0 Å². The van der Waals surface area contributed by atoms with Gasteiger partial charge in [0.15, 0.2) is 0 Å². The van der Waals surface area contributed by atoms with Gasteiger partial charge in [-0.25, -0.2) is 0 Å². The smallest absolute Gasteiger partial charge is 0.227 e. The van der Waals surface area contributed by atoms with Gasteiger partial charge in [-0.15, -0.1) is 0 Å². The van der Waals surface area contributed by atoms with Crippen molar-refractivity contribution in [3.8, 4) is 0 Å². The predicted octanol–water partition coefficient (Wildman–Crippen LogP) is 0.261. The Kier molecular flexibility index (Phi) is 2.82. The molecular formula is C10H15NO3. The molecule has 0 aromatic heterocycles. The Bertz CT molecular complexity index is 230. The lowest BCUT2D eigenvalue weighted by Crippen LogP contribution is -2.48. The van der Waals surface area contributed by atoms with Crippen LogP contribution in [0.2, 0.25) is 0 Å². The maximum Gasteiger partial charge on any atom is 0.227 e. The summed E-state index contributed by atoms with van der Waals surface area (Å²) >= 11 is 0. The fourth-order valence-electron chi connectivity index (χ4n) is 2.21. The van der Waals surface area contributed by atoms with Gasteiger partial charge in [-0.2, -0.15) is 0 Å². The second-order valence-corrected chi connectivity index (χ2v) is 4.04. The Morgan fingerprint density at radius 1 is 1.21 bits per heavy atom. The van der Waals surface area contributed by atoms with Crippen molar-refractivity contribution < 1.29 is 14.3 Å². The lowest BCUT2D eigenvalue weighted by atomic mass is 9.86. The molecule has 0 spiro atoms. The summed E-state index contributed by atoms with van der Waals surface area (Å²) in [7, 11) is 0. The summed E-state index contributed by atoms with van der Waals surface area (Å²) in [6.45, 7) is 1.51. The van der Waals surface area contributed by atoms with Gasteiger partial charge in [0, 0.05) is 25.7 Å². The van der Waals surface area contributed by atoms with Crippen LogP contribution in [0, 0.1) is 5.92 Å². The fourth-order valence-corrected chi connectivity index (χ4v) is 2.21. The molecule has 2 heterocycles. The van der Waals surface area contributed by atoms with E-state index in [9.17, 15) is 9.59 Å². The number of carbonyl (C=O) groups is 2. The molecule has 0 aromatic carbocycles. The molecule has 2 fully saturated rings. The van der Waals surface area contributed by atoms with Gasteiger partial charge in [0.2, 0.25) is 5.91 Å². The van der Waals surface area contributed by atoms with Crippen molar-refractivity contribution in [2.75, 3.05) is 13.2 Å². The SMILES string of the molecule is O=C1CC(=O)NC(C2CCOCC2)C1. The van der Waals surface area contributed by atoms with Crippen LogP contribution in [0.1, 0.15) is 25.7 Å². The maximum atomic E-state index is 11.2. The van der Waals surface area contributed by atoms with E-state index in [1.807, 2.05) is 0 Å². The summed E-state index contributed by atoms with van der Waals surface area (Å²) in [5.74, 6) is 0.389. The van der Waals surface area contributed by atoms with Crippen molar-refractivity contribution in [1.29, 1.82) is 0 Å². The Labute approximate surface area is 83.0 Å². The van der Waals surface area contributed by atoms with E-state index < -0.39 is 0 Å². The normalized spacial score (nSPS) is 30.1. The van der Waals surface area contributed by atoms with Crippen LogP contribution >= 0.6 is 0 Å². The van der Waals surface area contributed by atoms with Gasteiger partial charge in [0.25, 0.3) is 0 Å². The first-order chi connectivity index (χ1) is 6.75. The fraction of sp³-hybridized carbons (Fsp3) is 0.800. The number of hydrogen-bond donors (Lipinski definition) is 1. The summed E-state index contributed by atoms with van der Waals surface area (Å²) in [6, 6.07) is 0.0626. The zero-order valence-electron chi connectivity index (χ0n) is 8.12. The van der Waals surface area contributed by atoms with E-state index in [1.54, 1.807) is 0 Å². The van der Waals surface area contributed by atoms with E-state index in [0.29, 0.717) is 12.3 Å². The van der Waals surface area contributed by atoms with Crippen LogP contribution in [-0.4, -0.2) is 30.9 Å². The molecule has 0 saturated carbocycles. The first-order valence-corrected chi connectivity index (χ1v) is 5.14. The number of nitrogens with one attached hydrogen (secondary N) is 1. The highest BCUT2D eigenvalue weighted by atomic mass is 16.5. The van der Waals surface area contributed by atoms with E-state index in [0.717, 1.165) is 26.1 Å². The molecule has 0 radical (unpaired) electrons. The Balaban J connectivity index is 1.95. The standard InChI is InChI=1S/C10H15NO3/c12-8-5-9(11-10(13)6-8)7-1-3-14-4-2-7/h7,9H,1-6H2,(H,11,13). The number of ketones is 1. The van der Waals surface area contributed by atoms with Crippen LogP contribution in [0.15, 0.2) is 0 Å². The average molecular weight is 197 g/mol. The lowest BCUT2D eigenvalue weighted by Gasteiger charge is -2.32. The monoisotopic (exact) mass is 197 g/mol. The average Bonchev–Trinajstić information content (AvgIpc) is 2.18. The molecule has 78 valence electrons. The van der Waals surface area contributed by atoms with Gasteiger partial charge < -0.3 is 10.1 Å². The molecule has 14 heavy (non-hydrogen) atoms. The zero-order valence-corrected chi connectivity index (χ0v) is 8.12. The maximum absolute atomic E-state index is 11.2. The summed E-state index contributed by atoms with van der Waals surface area (Å²) in [6.07, 6.45) is 2.49. The highest BCUT2D eigenvalue weighted by Crippen LogP contribution is 2.23. The third-order valence-electron chi connectivity index (χ3n) is 2.99. The quantitative estimate of drug-likeness (QED) is 0.613. The van der Waals surface area contributed by atoms with Crippen molar-refractivity contribution in [3.05, 3.63) is 0 Å². The highest BCUT2D eigenvalue weighted by molar-refractivity contribution is 6.00. The van der Waals surface area contributed by atoms with Gasteiger partial charge in [-0.05, 0) is 18.8 Å². The molecule has 1 N–H and O–H groups in total. The number of Topliss-reactive ketones (excluding diaryl/α,β-unsaturated/α-hetero) is 1. The summed E-state index contributed by atoms with van der Waals surface area (Å²) in [4.78, 5) is 22.4. The Hall–Kier alpha value is -0.900. The second kappa shape index (κ2) is 4.09. The van der Waals surface area contributed by atoms with Crippen molar-refractivity contribution in [2.24, 2.45) is 5.92 Å². The number of ether oxygens (including phenoxy) is 1. The topological polar surface area (TPSA) is 55.4 Å². The summed E-state index contributed by atoms with van der Waals surface area (Å²) in [5, 5.41) is 2.90. The first kappa shape index (κ1) is 9.65. The van der Waals surface area contributed by atoms with Gasteiger partial charge in [0.1, 0.15) is 5.78 Å². The van der Waals surface area contributed by atoms with Crippen molar-refractivity contribution in [3.63, 3.8) is 0 Å². The van der Waals surface area contributed by atoms with Crippen LogP contribution in [0.5, 0.6) is 0 Å². The van der Waals surface area contributed by atoms with Crippen LogP contribution in [0.4, 0.5) is 0 Å². The van der Waals surface area contributed by atoms with Crippen LogP contribution < -0.4 is 5.32 Å². The van der Waals surface area contributed by atoms with Crippen LogP contribution in [0.25, 0.3) is 0 Å². The van der Waals surface area contributed by atoms with E-state index in [1.165, 1.54) is 0 Å². The highest BCUT2D eigenvalue weighted by Gasteiger charge is 2.31. The van der Waals surface area contributed by atoms with Gasteiger partial charge in [-0.3, -0.25) is 9.59 Å². The number of rotatable bonds is 1. The predicted molar refractivity (Wildman–Crippen MR) is 49.7 cm³/mol. The molecule has 0 aliphatic carbocycles. The molecule has 4 nitrogen and oxygen atoms in total. The largest absolute Gasteiger partial charge is 0.381 e. The molecule has 1 unspecified atom stereocenters. The number of carbonyl (C=O) groups excluding carboxylic acids is 2. The van der Waals surface area contributed by atoms with Crippen LogP contribution in [0.3, 0.4) is 0 Å². The number of piperidine rings is 1. The molecule has 1 amide bonds. The molecule has 1 atom stereocenters. The number of amides is 1. The third-order valence-corrected chi connectivity index (χ3v) is 2.99.